The fraction of sp³-hybridized carbons (Fsp3) is 0.538. The average Bonchev–Trinajstić information content (AvgIpc) is 2.38. The largest absolute Gasteiger partial charge is 0.497 e. The molecule has 1 aromatic rings. The first kappa shape index (κ1) is 13.8. The van der Waals surface area contributed by atoms with Crippen LogP contribution in [-0.2, 0) is 4.74 Å². The first-order valence-corrected chi connectivity index (χ1v) is 5.68. The fourth-order valence-electron chi connectivity index (χ4n) is 1.66. The Morgan fingerprint density at radius 3 is 2.12 bits per heavy atom. The molecule has 0 aliphatic rings. The van der Waals surface area contributed by atoms with Gasteiger partial charge in [-0.25, -0.2) is 0 Å². The molecule has 2 N–H and O–H groups in total. The predicted octanol–water partition coefficient (Wildman–Crippen LogP) is 2.13. The lowest BCUT2D eigenvalue weighted by molar-refractivity contribution is 0.190. The minimum Gasteiger partial charge on any atom is -0.497 e. The molecule has 17 heavy (non-hydrogen) atoms. The maximum absolute atomic E-state index is 6.12. The Labute approximate surface area is 103 Å². The van der Waals surface area contributed by atoms with Crippen LogP contribution in [0.5, 0.6) is 11.5 Å². The standard InChI is InChI=1S/C13H21NO3/c1-15-6-4-5-13(14)10-7-11(16-2)9-12(8-10)17-3/h7-9,13H,4-6,14H2,1-3H3. The van der Waals surface area contributed by atoms with E-state index in [1.165, 1.54) is 0 Å². The second-order valence-corrected chi connectivity index (χ2v) is 3.89. The second-order valence-electron chi connectivity index (χ2n) is 3.89. The maximum atomic E-state index is 6.12. The molecule has 0 aromatic heterocycles. The zero-order valence-electron chi connectivity index (χ0n) is 10.7. The molecule has 4 nitrogen and oxygen atoms in total. The highest BCUT2D eigenvalue weighted by molar-refractivity contribution is 5.39. The molecule has 0 amide bonds. The number of nitrogens with two attached hydrogens (primary N) is 1. The van der Waals surface area contributed by atoms with Crippen molar-refractivity contribution in [2.45, 2.75) is 18.9 Å². The molecule has 0 spiro atoms. The van der Waals surface area contributed by atoms with Crippen LogP contribution >= 0.6 is 0 Å². The van der Waals surface area contributed by atoms with Gasteiger partial charge in [0.15, 0.2) is 0 Å². The van der Waals surface area contributed by atoms with E-state index in [0.717, 1.165) is 36.5 Å². The number of benzene rings is 1. The minimum atomic E-state index is -0.0193. The molecular weight excluding hydrogens is 218 g/mol. The Morgan fingerprint density at radius 2 is 1.65 bits per heavy atom. The molecule has 0 heterocycles. The summed E-state index contributed by atoms with van der Waals surface area (Å²) in [6.07, 6.45) is 1.82. The summed E-state index contributed by atoms with van der Waals surface area (Å²) in [5.74, 6) is 1.53. The molecule has 1 rings (SSSR count). The van der Waals surface area contributed by atoms with Crippen LogP contribution in [0, 0.1) is 0 Å². The van der Waals surface area contributed by atoms with Crippen molar-refractivity contribution in [2.75, 3.05) is 27.9 Å². The predicted molar refractivity (Wildman–Crippen MR) is 67.6 cm³/mol. The summed E-state index contributed by atoms with van der Waals surface area (Å²) in [6, 6.07) is 5.71. The van der Waals surface area contributed by atoms with Crippen molar-refractivity contribution in [3.63, 3.8) is 0 Å². The van der Waals surface area contributed by atoms with Gasteiger partial charge in [-0.15, -0.1) is 0 Å². The first-order valence-electron chi connectivity index (χ1n) is 5.68. The summed E-state index contributed by atoms with van der Waals surface area (Å²) in [6.45, 7) is 0.731. The van der Waals surface area contributed by atoms with E-state index in [1.807, 2.05) is 18.2 Å². The van der Waals surface area contributed by atoms with Crippen molar-refractivity contribution in [2.24, 2.45) is 5.73 Å². The van der Waals surface area contributed by atoms with Gasteiger partial charge in [-0.3, -0.25) is 0 Å². The van der Waals surface area contributed by atoms with E-state index < -0.39 is 0 Å². The molecule has 0 aliphatic heterocycles. The van der Waals surface area contributed by atoms with Crippen molar-refractivity contribution < 1.29 is 14.2 Å². The zero-order valence-corrected chi connectivity index (χ0v) is 10.7. The van der Waals surface area contributed by atoms with Crippen LogP contribution in [-0.4, -0.2) is 27.9 Å². The number of methoxy groups -OCH3 is 3. The lowest BCUT2D eigenvalue weighted by Crippen LogP contribution is -2.11. The summed E-state index contributed by atoms with van der Waals surface area (Å²) in [5, 5.41) is 0. The van der Waals surface area contributed by atoms with Crippen molar-refractivity contribution in [3.8, 4) is 11.5 Å². The minimum absolute atomic E-state index is 0.0193. The van der Waals surface area contributed by atoms with Crippen molar-refractivity contribution in [1.82, 2.24) is 0 Å². The Morgan fingerprint density at radius 1 is 1.06 bits per heavy atom. The van der Waals surface area contributed by atoms with Gasteiger partial charge in [0.2, 0.25) is 0 Å². The molecule has 0 saturated carbocycles. The lowest BCUT2D eigenvalue weighted by atomic mass is 10.0. The Bertz CT molecular complexity index is 319. The van der Waals surface area contributed by atoms with Gasteiger partial charge in [-0.1, -0.05) is 0 Å². The van der Waals surface area contributed by atoms with Crippen molar-refractivity contribution >= 4 is 0 Å². The zero-order chi connectivity index (χ0) is 12.7. The fourth-order valence-corrected chi connectivity index (χ4v) is 1.66. The summed E-state index contributed by atoms with van der Waals surface area (Å²) in [4.78, 5) is 0. The first-order chi connectivity index (χ1) is 8.21. The molecule has 0 fully saturated rings. The van der Waals surface area contributed by atoms with E-state index in [-0.39, 0.29) is 6.04 Å². The van der Waals surface area contributed by atoms with Gasteiger partial charge in [0.25, 0.3) is 0 Å². The highest BCUT2D eigenvalue weighted by atomic mass is 16.5. The van der Waals surface area contributed by atoms with Crippen LogP contribution in [0.1, 0.15) is 24.4 Å². The number of ether oxygens (including phenoxy) is 3. The van der Waals surface area contributed by atoms with Gasteiger partial charge < -0.3 is 19.9 Å². The molecule has 1 atom stereocenters. The SMILES string of the molecule is COCCCC(N)c1cc(OC)cc(OC)c1. The molecule has 0 radical (unpaired) electrons. The smallest absolute Gasteiger partial charge is 0.122 e. The van der Waals surface area contributed by atoms with E-state index >= 15 is 0 Å². The molecule has 96 valence electrons. The highest BCUT2D eigenvalue weighted by Crippen LogP contribution is 2.27. The molecule has 1 aromatic carbocycles. The van der Waals surface area contributed by atoms with E-state index in [4.69, 9.17) is 19.9 Å². The van der Waals surface area contributed by atoms with Gasteiger partial charge in [0.1, 0.15) is 11.5 Å². The average molecular weight is 239 g/mol. The molecule has 0 aliphatic carbocycles. The van der Waals surface area contributed by atoms with Crippen molar-refractivity contribution in [3.05, 3.63) is 23.8 Å². The Balaban J connectivity index is 2.73. The van der Waals surface area contributed by atoms with Gasteiger partial charge in [-0.05, 0) is 30.5 Å². The van der Waals surface area contributed by atoms with Crippen molar-refractivity contribution in [1.29, 1.82) is 0 Å². The Kier molecular flexibility index (Phi) is 5.80. The monoisotopic (exact) mass is 239 g/mol. The van der Waals surface area contributed by atoms with Gasteiger partial charge in [0, 0.05) is 25.8 Å². The molecule has 0 saturated heterocycles. The summed E-state index contributed by atoms with van der Waals surface area (Å²) >= 11 is 0. The van der Waals surface area contributed by atoms with Crippen LogP contribution in [0.3, 0.4) is 0 Å². The lowest BCUT2D eigenvalue weighted by Gasteiger charge is -2.14. The third kappa shape index (κ3) is 4.24. The molecular formula is C13H21NO3. The van der Waals surface area contributed by atoms with Crippen LogP contribution in [0.15, 0.2) is 18.2 Å². The second kappa shape index (κ2) is 7.14. The van der Waals surface area contributed by atoms with Crippen LogP contribution in [0.4, 0.5) is 0 Å². The van der Waals surface area contributed by atoms with Crippen LogP contribution in [0.2, 0.25) is 0 Å². The number of hydrogen-bond donors (Lipinski definition) is 1. The third-order valence-electron chi connectivity index (χ3n) is 2.67. The van der Waals surface area contributed by atoms with E-state index in [0.29, 0.717) is 0 Å². The van der Waals surface area contributed by atoms with Gasteiger partial charge in [0.05, 0.1) is 14.2 Å². The molecule has 1 unspecified atom stereocenters. The highest BCUT2D eigenvalue weighted by Gasteiger charge is 2.09. The Hall–Kier alpha value is -1.26. The van der Waals surface area contributed by atoms with Crippen LogP contribution in [0.25, 0.3) is 0 Å². The van der Waals surface area contributed by atoms with E-state index in [9.17, 15) is 0 Å². The topological polar surface area (TPSA) is 53.7 Å². The summed E-state index contributed by atoms with van der Waals surface area (Å²) in [5.41, 5.74) is 7.14. The number of rotatable bonds is 7. The van der Waals surface area contributed by atoms with E-state index in [1.54, 1.807) is 21.3 Å². The normalized spacial score (nSPS) is 12.2. The summed E-state index contributed by atoms with van der Waals surface area (Å²) < 4.78 is 15.4. The number of hydrogen-bond acceptors (Lipinski definition) is 4. The molecule has 4 heteroatoms. The summed E-state index contributed by atoms with van der Waals surface area (Å²) in [7, 11) is 4.96. The third-order valence-corrected chi connectivity index (χ3v) is 2.67. The van der Waals surface area contributed by atoms with Gasteiger partial charge in [-0.2, -0.15) is 0 Å². The maximum Gasteiger partial charge on any atom is 0.122 e. The van der Waals surface area contributed by atoms with E-state index in [2.05, 4.69) is 0 Å². The quantitative estimate of drug-likeness (QED) is 0.741. The van der Waals surface area contributed by atoms with Gasteiger partial charge >= 0.3 is 0 Å². The molecule has 0 bridgehead atoms. The van der Waals surface area contributed by atoms with Crippen LogP contribution < -0.4 is 15.2 Å².